The summed E-state index contributed by atoms with van der Waals surface area (Å²) in [5.41, 5.74) is 0.338. The second-order valence-electron chi connectivity index (χ2n) is 5.42. The van der Waals surface area contributed by atoms with Crippen molar-refractivity contribution >= 4 is 0 Å². The van der Waals surface area contributed by atoms with Gasteiger partial charge in [0.05, 0.1) is 0 Å². The molecular formula is C15H21F3N2. The summed E-state index contributed by atoms with van der Waals surface area (Å²) in [4.78, 5) is 1.58. The molecule has 1 N–H and O–H groups in total. The third kappa shape index (κ3) is 3.73. The molecule has 0 spiro atoms. The van der Waals surface area contributed by atoms with Gasteiger partial charge in [0.2, 0.25) is 0 Å². The van der Waals surface area contributed by atoms with Crippen molar-refractivity contribution in [2.24, 2.45) is 5.92 Å². The highest BCUT2D eigenvalue weighted by molar-refractivity contribution is 5.20. The summed E-state index contributed by atoms with van der Waals surface area (Å²) in [5, 5.41) is 3.07. The molecule has 0 saturated carbocycles. The zero-order valence-corrected chi connectivity index (χ0v) is 11.7. The normalized spacial score (nSPS) is 22.7. The Labute approximate surface area is 118 Å². The van der Waals surface area contributed by atoms with E-state index in [9.17, 15) is 13.2 Å². The summed E-state index contributed by atoms with van der Waals surface area (Å²) < 4.78 is 40.3. The maximum atomic E-state index is 13.4. The summed E-state index contributed by atoms with van der Waals surface area (Å²) in [6.45, 7) is 1.79. The lowest BCUT2D eigenvalue weighted by Gasteiger charge is -2.39. The number of likely N-dealkylation sites (tertiary alicyclic amines) is 1. The van der Waals surface area contributed by atoms with Crippen LogP contribution in [0.5, 0.6) is 0 Å². The Kier molecular flexibility index (Phi) is 5.05. The highest BCUT2D eigenvalue weighted by Crippen LogP contribution is 2.39. The second kappa shape index (κ2) is 6.59. The van der Waals surface area contributed by atoms with Crippen LogP contribution in [0, 0.1) is 5.92 Å². The van der Waals surface area contributed by atoms with Crippen LogP contribution < -0.4 is 5.32 Å². The first-order valence-corrected chi connectivity index (χ1v) is 7.02. The molecule has 1 heterocycles. The van der Waals surface area contributed by atoms with E-state index in [1.807, 2.05) is 7.05 Å². The van der Waals surface area contributed by atoms with E-state index < -0.39 is 12.2 Å². The number of nitrogens with one attached hydrogen (secondary N) is 1. The standard InChI is InChI=1S/C15H21F3N2/c1-19-10-12-6-5-9-20(11-12)14(15(16,17)18)13-7-3-2-4-8-13/h2-4,7-8,12,14,19H,5-6,9-11H2,1H3. The van der Waals surface area contributed by atoms with Crippen molar-refractivity contribution in [2.75, 3.05) is 26.7 Å². The molecule has 1 aliphatic heterocycles. The van der Waals surface area contributed by atoms with Crippen LogP contribution in [0.2, 0.25) is 0 Å². The number of hydrogen-bond acceptors (Lipinski definition) is 2. The van der Waals surface area contributed by atoms with Gasteiger partial charge in [0.25, 0.3) is 0 Å². The fourth-order valence-electron chi connectivity index (χ4n) is 3.03. The highest BCUT2D eigenvalue weighted by Gasteiger charge is 2.45. The van der Waals surface area contributed by atoms with Gasteiger partial charge in [-0.1, -0.05) is 30.3 Å². The fourth-order valence-corrected chi connectivity index (χ4v) is 3.03. The molecule has 0 aromatic heterocycles. The number of benzene rings is 1. The van der Waals surface area contributed by atoms with Crippen LogP contribution in [0.4, 0.5) is 13.2 Å². The zero-order valence-electron chi connectivity index (χ0n) is 11.7. The maximum Gasteiger partial charge on any atom is 0.408 e. The first-order valence-electron chi connectivity index (χ1n) is 7.02. The largest absolute Gasteiger partial charge is 0.408 e. The first-order chi connectivity index (χ1) is 9.52. The minimum Gasteiger partial charge on any atom is -0.319 e. The molecule has 2 atom stereocenters. The average Bonchev–Trinajstić information content (AvgIpc) is 2.39. The molecule has 2 unspecified atom stereocenters. The predicted octanol–water partition coefficient (Wildman–Crippen LogP) is 3.22. The van der Waals surface area contributed by atoms with Gasteiger partial charge in [-0.2, -0.15) is 13.2 Å². The predicted molar refractivity (Wildman–Crippen MR) is 73.5 cm³/mol. The van der Waals surface area contributed by atoms with E-state index in [-0.39, 0.29) is 0 Å². The van der Waals surface area contributed by atoms with Crippen molar-refractivity contribution in [1.82, 2.24) is 10.2 Å². The Morgan fingerprint density at radius 2 is 2.00 bits per heavy atom. The van der Waals surface area contributed by atoms with Crippen molar-refractivity contribution in [1.29, 1.82) is 0 Å². The Bertz CT molecular complexity index is 403. The Hall–Kier alpha value is -1.07. The summed E-state index contributed by atoms with van der Waals surface area (Å²) in [6.07, 6.45) is -2.41. The molecule has 1 fully saturated rings. The maximum absolute atomic E-state index is 13.4. The minimum absolute atomic E-state index is 0.294. The van der Waals surface area contributed by atoms with Crippen LogP contribution in [-0.2, 0) is 0 Å². The number of rotatable bonds is 4. The van der Waals surface area contributed by atoms with Crippen LogP contribution in [0.1, 0.15) is 24.4 Å². The molecule has 0 bridgehead atoms. The van der Waals surface area contributed by atoms with Crippen molar-refractivity contribution in [3.05, 3.63) is 35.9 Å². The number of hydrogen-bond donors (Lipinski definition) is 1. The number of halogens is 3. The van der Waals surface area contributed by atoms with Gasteiger partial charge in [0.1, 0.15) is 6.04 Å². The van der Waals surface area contributed by atoms with Gasteiger partial charge in [0, 0.05) is 6.54 Å². The number of alkyl halides is 3. The molecule has 1 aromatic carbocycles. The monoisotopic (exact) mass is 286 g/mol. The van der Waals surface area contributed by atoms with Crippen LogP contribution in [0.3, 0.4) is 0 Å². The van der Waals surface area contributed by atoms with Crippen LogP contribution >= 0.6 is 0 Å². The Balaban J connectivity index is 2.19. The van der Waals surface area contributed by atoms with Crippen molar-refractivity contribution in [3.63, 3.8) is 0 Å². The molecule has 1 aliphatic rings. The van der Waals surface area contributed by atoms with E-state index in [4.69, 9.17) is 0 Å². The third-order valence-corrected chi connectivity index (χ3v) is 3.83. The SMILES string of the molecule is CNCC1CCCN(C(c2ccccc2)C(F)(F)F)C1. The smallest absolute Gasteiger partial charge is 0.319 e. The van der Waals surface area contributed by atoms with E-state index in [0.717, 1.165) is 19.4 Å². The average molecular weight is 286 g/mol. The Morgan fingerprint density at radius 3 is 2.60 bits per heavy atom. The molecule has 112 valence electrons. The lowest BCUT2D eigenvalue weighted by Crippen LogP contribution is -2.45. The molecule has 5 heteroatoms. The quantitative estimate of drug-likeness (QED) is 0.914. The molecule has 0 radical (unpaired) electrons. The first kappa shape index (κ1) is 15.3. The fraction of sp³-hybridized carbons (Fsp3) is 0.600. The van der Waals surface area contributed by atoms with Crippen LogP contribution in [0.15, 0.2) is 30.3 Å². The minimum atomic E-state index is -4.23. The lowest BCUT2D eigenvalue weighted by molar-refractivity contribution is -0.190. The van der Waals surface area contributed by atoms with E-state index in [0.29, 0.717) is 24.6 Å². The number of piperidine rings is 1. The zero-order chi connectivity index (χ0) is 14.6. The van der Waals surface area contributed by atoms with Gasteiger partial charge in [-0.15, -0.1) is 0 Å². The van der Waals surface area contributed by atoms with Gasteiger partial charge < -0.3 is 5.32 Å². The van der Waals surface area contributed by atoms with Gasteiger partial charge in [0.15, 0.2) is 0 Å². The van der Waals surface area contributed by atoms with Gasteiger partial charge in [-0.25, -0.2) is 0 Å². The van der Waals surface area contributed by atoms with E-state index in [1.54, 1.807) is 35.2 Å². The molecule has 0 aliphatic carbocycles. The molecule has 20 heavy (non-hydrogen) atoms. The van der Waals surface area contributed by atoms with Gasteiger partial charge in [-0.05, 0) is 44.5 Å². The summed E-state index contributed by atoms with van der Waals surface area (Å²) in [7, 11) is 1.84. The van der Waals surface area contributed by atoms with Crippen molar-refractivity contribution in [2.45, 2.75) is 25.1 Å². The number of nitrogens with zero attached hydrogens (tertiary/aromatic N) is 1. The van der Waals surface area contributed by atoms with Gasteiger partial charge in [-0.3, -0.25) is 4.90 Å². The van der Waals surface area contributed by atoms with E-state index in [1.165, 1.54) is 0 Å². The molecular weight excluding hydrogens is 265 g/mol. The topological polar surface area (TPSA) is 15.3 Å². The van der Waals surface area contributed by atoms with Gasteiger partial charge >= 0.3 is 6.18 Å². The van der Waals surface area contributed by atoms with E-state index >= 15 is 0 Å². The highest BCUT2D eigenvalue weighted by atomic mass is 19.4. The molecule has 0 amide bonds. The third-order valence-electron chi connectivity index (χ3n) is 3.83. The Morgan fingerprint density at radius 1 is 1.30 bits per heavy atom. The van der Waals surface area contributed by atoms with Crippen molar-refractivity contribution < 1.29 is 13.2 Å². The summed E-state index contributed by atoms with van der Waals surface area (Å²) >= 11 is 0. The van der Waals surface area contributed by atoms with E-state index in [2.05, 4.69) is 5.32 Å². The molecule has 1 aromatic rings. The molecule has 2 rings (SSSR count). The molecule has 1 saturated heterocycles. The van der Waals surface area contributed by atoms with Crippen LogP contribution in [0.25, 0.3) is 0 Å². The summed E-state index contributed by atoms with van der Waals surface area (Å²) in [6, 6.07) is 6.74. The molecule has 2 nitrogen and oxygen atoms in total. The lowest BCUT2D eigenvalue weighted by atomic mass is 9.94. The second-order valence-corrected chi connectivity index (χ2v) is 5.42. The van der Waals surface area contributed by atoms with Crippen molar-refractivity contribution in [3.8, 4) is 0 Å². The van der Waals surface area contributed by atoms with Crippen LogP contribution in [-0.4, -0.2) is 37.8 Å². The summed E-state index contributed by atoms with van der Waals surface area (Å²) in [5.74, 6) is 0.294.